The second kappa shape index (κ2) is 6.73. The summed E-state index contributed by atoms with van der Waals surface area (Å²) in [5.74, 6) is 0.879. The van der Waals surface area contributed by atoms with E-state index in [9.17, 15) is 8.78 Å². The van der Waals surface area contributed by atoms with Crippen LogP contribution in [0.2, 0.25) is 0 Å². The maximum atomic E-state index is 12.2. The Hall–Kier alpha value is -1.32. The minimum absolute atomic E-state index is 0.204. The van der Waals surface area contributed by atoms with E-state index < -0.39 is 6.61 Å². The predicted octanol–water partition coefficient (Wildman–Crippen LogP) is 4.67. The van der Waals surface area contributed by atoms with Crippen molar-refractivity contribution in [2.45, 2.75) is 51.7 Å². The van der Waals surface area contributed by atoms with Crippen LogP contribution in [0.4, 0.5) is 14.5 Å². The first kappa shape index (κ1) is 14.1. The van der Waals surface area contributed by atoms with Gasteiger partial charge < -0.3 is 10.1 Å². The van der Waals surface area contributed by atoms with Gasteiger partial charge in [-0.25, -0.2) is 0 Å². The second-order valence-corrected chi connectivity index (χ2v) is 5.24. The van der Waals surface area contributed by atoms with E-state index in [2.05, 4.69) is 17.0 Å². The van der Waals surface area contributed by atoms with Gasteiger partial charge in [-0.2, -0.15) is 8.78 Å². The molecule has 1 N–H and O–H groups in total. The van der Waals surface area contributed by atoms with Gasteiger partial charge in [0.05, 0.1) is 0 Å². The average molecular weight is 269 g/mol. The van der Waals surface area contributed by atoms with Gasteiger partial charge in [0.15, 0.2) is 0 Å². The molecule has 0 aromatic heterocycles. The minimum Gasteiger partial charge on any atom is -0.435 e. The Morgan fingerprint density at radius 1 is 1.21 bits per heavy atom. The van der Waals surface area contributed by atoms with E-state index >= 15 is 0 Å². The normalized spacial score (nSPS) is 18.3. The second-order valence-electron chi connectivity index (χ2n) is 5.24. The van der Waals surface area contributed by atoms with Crippen molar-refractivity contribution in [3.05, 3.63) is 24.3 Å². The molecule has 0 amide bonds. The monoisotopic (exact) mass is 269 g/mol. The van der Waals surface area contributed by atoms with Crippen molar-refractivity contribution in [1.29, 1.82) is 0 Å². The first-order chi connectivity index (χ1) is 9.15. The molecule has 0 aliphatic heterocycles. The number of rotatable bonds is 5. The van der Waals surface area contributed by atoms with Gasteiger partial charge in [-0.3, -0.25) is 0 Å². The highest BCUT2D eigenvalue weighted by Gasteiger charge is 2.19. The van der Waals surface area contributed by atoms with Crippen LogP contribution in [0.5, 0.6) is 5.75 Å². The Kier molecular flexibility index (Phi) is 5.00. The molecule has 1 atom stereocenters. The Labute approximate surface area is 113 Å². The molecular formula is C15H21F2NO. The third kappa shape index (κ3) is 4.37. The van der Waals surface area contributed by atoms with Crippen molar-refractivity contribution in [2.75, 3.05) is 5.32 Å². The fourth-order valence-corrected chi connectivity index (χ4v) is 2.78. The molecule has 0 spiro atoms. The molecule has 0 heterocycles. The van der Waals surface area contributed by atoms with Crippen LogP contribution in [0.25, 0.3) is 0 Å². The number of nitrogens with one attached hydrogen (secondary N) is 1. The Balaban J connectivity index is 1.93. The summed E-state index contributed by atoms with van der Waals surface area (Å²) in [5.41, 5.74) is 0.844. The molecule has 4 heteroatoms. The van der Waals surface area contributed by atoms with Gasteiger partial charge in [-0.05, 0) is 37.8 Å². The third-order valence-corrected chi connectivity index (χ3v) is 3.81. The Morgan fingerprint density at radius 3 is 2.63 bits per heavy atom. The number of halogens is 2. The Morgan fingerprint density at radius 2 is 1.95 bits per heavy atom. The largest absolute Gasteiger partial charge is 0.435 e. The van der Waals surface area contributed by atoms with Crippen molar-refractivity contribution >= 4 is 5.69 Å². The number of hydrogen-bond acceptors (Lipinski definition) is 2. The smallest absolute Gasteiger partial charge is 0.387 e. The maximum absolute atomic E-state index is 12.2. The van der Waals surface area contributed by atoms with Gasteiger partial charge in [0.2, 0.25) is 0 Å². The van der Waals surface area contributed by atoms with Crippen molar-refractivity contribution < 1.29 is 13.5 Å². The lowest BCUT2D eigenvalue weighted by Crippen LogP contribution is -2.27. The molecule has 1 fully saturated rings. The zero-order valence-electron chi connectivity index (χ0n) is 11.2. The first-order valence-corrected chi connectivity index (χ1v) is 6.96. The molecule has 1 saturated carbocycles. The van der Waals surface area contributed by atoms with Gasteiger partial charge in [0, 0.05) is 17.8 Å². The van der Waals surface area contributed by atoms with Crippen LogP contribution < -0.4 is 10.1 Å². The van der Waals surface area contributed by atoms with E-state index in [4.69, 9.17) is 0 Å². The van der Waals surface area contributed by atoms with Crippen LogP contribution in [-0.4, -0.2) is 12.7 Å². The summed E-state index contributed by atoms with van der Waals surface area (Å²) in [6.07, 6.45) is 6.43. The first-order valence-electron chi connectivity index (χ1n) is 6.96. The molecule has 1 aliphatic rings. The number of hydrogen-bond donors (Lipinski definition) is 1. The van der Waals surface area contributed by atoms with Crippen LogP contribution in [0, 0.1) is 5.92 Å². The molecular weight excluding hydrogens is 248 g/mol. The zero-order chi connectivity index (χ0) is 13.7. The van der Waals surface area contributed by atoms with Crippen molar-refractivity contribution in [3.63, 3.8) is 0 Å². The highest BCUT2D eigenvalue weighted by Crippen LogP contribution is 2.28. The summed E-state index contributed by atoms with van der Waals surface area (Å²) in [5, 5.41) is 3.40. The van der Waals surface area contributed by atoms with E-state index in [1.165, 1.54) is 32.1 Å². The van der Waals surface area contributed by atoms with E-state index in [0.717, 1.165) is 5.69 Å². The van der Waals surface area contributed by atoms with Gasteiger partial charge in [0.1, 0.15) is 5.75 Å². The number of ether oxygens (including phenoxy) is 1. The molecule has 2 nitrogen and oxygen atoms in total. The highest BCUT2D eigenvalue weighted by atomic mass is 19.3. The standard InChI is InChI=1S/C15H21F2NO/c1-11(12-6-3-2-4-7-12)18-13-8-5-9-14(10-13)19-15(16)17/h5,8-12,15,18H,2-4,6-7H2,1H3. The predicted molar refractivity (Wildman–Crippen MR) is 72.7 cm³/mol. The topological polar surface area (TPSA) is 21.3 Å². The van der Waals surface area contributed by atoms with Crippen LogP contribution >= 0.6 is 0 Å². The average Bonchev–Trinajstić information content (AvgIpc) is 2.39. The number of anilines is 1. The van der Waals surface area contributed by atoms with Gasteiger partial charge in [-0.1, -0.05) is 25.3 Å². The molecule has 1 aliphatic carbocycles. The van der Waals surface area contributed by atoms with Crippen molar-refractivity contribution in [3.8, 4) is 5.75 Å². The zero-order valence-corrected chi connectivity index (χ0v) is 11.2. The fraction of sp³-hybridized carbons (Fsp3) is 0.600. The molecule has 0 saturated heterocycles. The lowest BCUT2D eigenvalue weighted by Gasteiger charge is -2.29. The van der Waals surface area contributed by atoms with Gasteiger partial charge in [-0.15, -0.1) is 0 Å². The number of alkyl halides is 2. The van der Waals surface area contributed by atoms with Crippen molar-refractivity contribution in [2.24, 2.45) is 5.92 Å². The molecule has 1 aromatic rings. The summed E-state index contributed by atoms with van der Waals surface area (Å²) >= 11 is 0. The molecule has 19 heavy (non-hydrogen) atoms. The van der Waals surface area contributed by atoms with E-state index in [1.54, 1.807) is 18.2 Å². The summed E-state index contributed by atoms with van der Waals surface area (Å²) in [6, 6.07) is 7.15. The van der Waals surface area contributed by atoms with Crippen LogP contribution in [-0.2, 0) is 0 Å². The SMILES string of the molecule is CC(Nc1cccc(OC(F)F)c1)C1CCCCC1. The number of benzene rings is 1. The molecule has 106 valence electrons. The molecule has 1 aromatic carbocycles. The highest BCUT2D eigenvalue weighted by molar-refractivity contribution is 5.48. The maximum Gasteiger partial charge on any atom is 0.387 e. The fourth-order valence-electron chi connectivity index (χ4n) is 2.78. The van der Waals surface area contributed by atoms with Crippen LogP contribution in [0.3, 0.4) is 0 Å². The van der Waals surface area contributed by atoms with E-state index in [1.807, 2.05) is 6.07 Å². The summed E-state index contributed by atoms with van der Waals surface area (Å²) in [7, 11) is 0. The molecule has 1 unspecified atom stereocenters. The molecule has 0 radical (unpaired) electrons. The lowest BCUT2D eigenvalue weighted by atomic mass is 9.84. The van der Waals surface area contributed by atoms with Crippen molar-refractivity contribution in [1.82, 2.24) is 0 Å². The van der Waals surface area contributed by atoms with Crippen LogP contribution in [0.15, 0.2) is 24.3 Å². The van der Waals surface area contributed by atoms with E-state index in [0.29, 0.717) is 12.0 Å². The molecule has 2 rings (SSSR count). The lowest BCUT2D eigenvalue weighted by molar-refractivity contribution is -0.0498. The van der Waals surface area contributed by atoms with Gasteiger partial charge >= 0.3 is 6.61 Å². The summed E-state index contributed by atoms with van der Waals surface area (Å²) in [4.78, 5) is 0. The van der Waals surface area contributed by atoms with Gasteiger partial charge in [0.25, 0.3) is 0 Å². The summed E-state index contributed by atoms with van der Waals surface area (Å²) in [6.45, 7) is -0.609. The minimum atomic E-state index is -2.77. The quantitative estimate of drug-likeness (QED) is 0.838. The summed E-state index contributed by atoms with van der Waals surface area (Å²) < 4.78 is 28.7. The van der Waals surface area contributed by atoms with Crippen LogP contribution in [0.1, 0.15) is 39.0 Å². The third-order valence-electron chi connectivity index (χ3n) is 3.81. The van der Waals surface area contributed by atoms with E-state index in [-0.39, 0.29) is 5.75 Å². The molecule has 0 bridgehead atoms. The Bertz CT molecular complexity index is 391.